The van der Waals surface area contributed by atoms with Crippen LogP contribution in [0.4, 0.5) is 11.8 Å². The number of anilines is 2. The summed E-state index contributed by atoms with van der Waals surface area (Å²) in [6.07, 6.45) is 4.74. The van der Waals surface area contributed by atoms with E-state index in [0.29, 0.717) is 5.95 Å². The molecule has 0 amide bonds. The second-order valence-corrected chi connectivity index (χ2v) is 6.56. The lowest BCUT2D eigenvalue weighted by molar-refractivity contribution is 0.456. The van der Waals surface area contributed by atoms with E-state index in [9.17, 15) is 0 Å². The first-order valence-electron chi connectivity index (χ1n) is 7.70. The van der Waals surface area contributed by atoms with Gasteiger partial charge in [0.15, 0.2) is 0 Å². The normalized spacial score (nSPS) is 22.2. The van der Waals surface area contributed by atoms with E-state index in [4.69, 9.17) is 5.73 Å². The molecular weight excluding hydrogens is 250 g/mol. The van der Waals surface area contributed by atoms with Crippen LogP contribution in [0.2, 0.25) is 0 Å². The molecule has 1 aromatic rings. The van der Waals surface area contributed by atoms with Gasteiger partial charge >= 0.3 is 0 Å². The number of nitrogen functional groups attached to an aromatic ring is 1. The van der Waals surface area contributed by atoms with E-state index in [1.807, 2.05) is 0 Å². The first-order valence-corrected chi connectivity index (χ1v) is 7.70. The van der Waals surface area contributed by atoms with Crippen LogP contribution in [0.1, 0.15) is 44.4 Å². The van der Waals surface area contributed by atoms with Crippen LogP contribution >= 0.6 is 0 Å². The molecular formula is C15H25N5. The average molecular weight is 275 g/mol. The summed E-state index contributed by atoms with van der Waals surface area (Å²) >= 11 is 0. The molecule has 1 saturated heterocycles. The van der Waals surface area contributed by atoms with Crippen LogP contribution in [0.15, 0.2) is 0 Å². The van der Waals surface area contributed by atoms with E-state index in [0.717, 1.165) is 38.4 Å². The highest BCUT2D eigenvalue weighted by Gasteiger charge is 2.31. The van der Waals surface area contributed by atoms with E-state index in [-0.39, 0.29) is 5.41 Å². The number of nitrogens with two attached hydrogens (primary N) is 1. The Kier molecular flexibility index (Phi) is 3.54. The molecule has 20 heavy (non-hydrogen) atoms. The topological polar surface area (TPSA) is 67.1 Å². The second-order valence-electron chi connectivity index (χ2n) is 6.56. The highest BCUT2D eigenvalue weighted by molar-refractivity contribution is 5.54. The fraction of sp³-hybridized carbons (Fsp3) is 0.733. The van der Waals surface area contributed by atoms with Crippen molar-refractivity contribution in [2.75, 3.05) is 36.8 Å². The quantitative estimate of drug-likeness (QED) is 0.760. The minimum absolute atomic E-state index is 0.103. The average Bonchev–Trinajstić information content (AvgIpc) is 2.58. The number of nitrogens with one attached hydrogen (secondary N) is 1. The lowest BCUT2D eigenvalue weighted by Gasteiger charge is -2.32. The van der Waals surface area contributed by atoms with E-state index in [1.54, 1.807) is 0 Å². The Labute approximate surface area is 121 Å². The van der Waals surface area contributed by atoms with Gasteiger partial charge in [-0.3, -0.25) is 0 Å². The number of hydrogen-bond acceptors (Lipinski definition) is 5. The molecule has 0 saturated carbocycles. The standard InChI is InChI=1S/C15H25N5/c1-15(2)6-4-3-5-11-12(15)18-14(16)19-13(11)20-9-7-17-8-10-20/h17H,3-10H2,1-2H3,(H2,16,18,19). The zero-order valence-electron chi connectivity index (χ0n) is 12.6. The van der Waals surface area contributed by atoms with E-state index >= 15 is 0 Å². The van der Waals surface area contributed by atoms with Crippen LogP contribution in [-0.4, -0.2) is 36.1 Å². The molecule has 2 aliphatic rings. The van der Waals surface area contributed by atoms with Crippen molar-refractivity contribution in [3.8, 4) is 0 Å². The zero-order chi connectivity index (χ0) is 14.2. The molecule has 0 radical (unpaired) electrons. The van der Waals surface area contributed by atoms with Gasteiger partial charge in [-0.2, -0.15) is 4.98 Å². The van der Waals surface area contributed by atoms with Crippen LogP contribution in [0.25, 0.3) is 0 Å². The Bertz CT molecular complexity index is 491. The molecule has 110 valence electrons. The van der Waals surface area contributed by atoms with Gasteiger partial charge in [-0.15, -0.1) is 0 Å². The largest absolute Gasteiger partial charge is 0.368 e. The van der Waals surface area contributed by atoms with Crippen molar-refractivity contribution in [3.63, 3.8) is 0 Å². The molecule has 1 aromatic heterocycles. The Balaban J connectivity index is 2.08. The molecule has 1 aliphatic carbocycles. The number of fused-ring (bicyclic) bond motifs is 1. The smallest absolute Gasteiger partial charge is 0.222 e. The summed E-state index contributed by atoms with van der Waals surface area (Å²) in [6, 6.07) is 0. The Morgan fingerprint density at radius 2 is 1.90 bits per heavy atom. The van der Waals surface area contributed by atoms with Crippen molar-refractivity contribution in [2.45, 2.75) is 44.9 Å². The molecule has 0 bridgehead atoms. The number of nitrogens with zero attached hydrogens (tertiary/aromatic N) is 3. The summed E-state index contributed by atoms with van der Waals surface area (Å²) in [5.41, 5.74) is 8.61. The maximum absolute atomic E-state index is 6.00. The van der Waals surface area contributed by atoms with Gasteiger partial charge < -0.3 is 16.0 Å². The third kappa shape index (κ3) is 2.46. The predicted molar refractivity (Wildman–Crippen MR) is 82.1 cm³/mol. The number of rotatable bonds is 1. The van der Waals surface area contributed by atoms with Crippen LogP contribution in [0, 0.1) is 0 Å². The van der Waals surface area contributed by atoms with Crippen molar-refractivity contribution >= 4 is 11.8 Å². The highest BCUT2D eigenvalue weighted by Crippen LogP contribution is 2.38. The SMILES string of the molecule is CC1(C)CCCCc2c(N3CCNCC3)nc(N)nc21. The van der Waals surface area contributed by atoms with E-state index in [1.165, 1.54) is 30.5 Å². The van der Waals surface area contributed by atoms with Crippen molar-refractivity contribution in [1.29, 1.82) is 0 Å². The summed E-state index contributed by atoms with van der Waals surface area (Å²) < 4.78 is 0. The fourth-order valence-electron chi connectivity index (χ4n) is 3.40. The van der Waals surface area contributed by atoms with Crippen LogP contribution in [0.5, 0.6) is 0 Å². The third-order valence-corrected chi connectivity index (χ3v) is 4.54. The van der Waals surface area contributed by atoms with Gasteiger partial charge in [0.05, 0.1) is 5.69 Å². The minimum Gasteiger partial charge on any atom is -0.368 e. The van der Waals surface area contributed by atoms with E-state index < -0.39 is 0 Å². The maximum atomic E-state index is 6.00. The number of hydrogen-bond donors (Lipinski definition) is 2. The monoisotopic (exact) mass is 275 g/mol. The summed E-state index contributed by atoms with van der Waals surface area (Å²) in [7, 11) is 0. The summed E-state index contributed by atoms with van der Waals surface area (Å²) in [6.45, 7) is 8.60. The predicted octanol–water partition coefficient (Wildman–Crippen LogP) is 1.47. The van der Waals surface area contributed by atoms with Crippen LogP contribution in [0.3, 0.4) is 0 Å². The summed E-state index contributed by atoms with van der Waals surface area (Å²) in [5, 5.41) is 3.39. The highest BCUT2D eigenvalue weighted by atomic mass is 15.2. The Morgan fingerprint density at radius 1 is 1.15 bits per heavy atom. The molecule has 0 aromatic carbocycles. The lowest BCUT2D eigenvalue weighted by atomic mass is 9.83. The first kappa shape index (κ1) is 13.6. The first-order chi connectivity index (χ1) is 9.58. The molecule has 3 N–H and O–H groups in total. The van der Waals surface area contributed by atoms with Gasteiger partial charge in [-0.25, -0.2) is 4.98 Å². The van der Waals surface area contributed by atoms with Gasteiger partial charge in [0.2, 0.25) is 5.95 Å². The van der Waals surface area contributed by atoms with Crippen molar-refractivity contribution in [1.82, 2.24) is 15.3 Å². The Hall–Kier alpha value is -1.36. The van der Waals surface area contributed by atoms with Crippen molar-refractivity contribution in [2.24, 2.45) is 0 Å². The molecule has 5 heteroatoms. The van der Waals surface area contributed by atoms with Crippen molar-refractivity contribution < 1.29 is 0 Å². The molecule has 3 rings (SSSR count). The van der Waals surface area contributed by atoms with Gasteiger partial charge in [0.25, 0.3) is 0 Å². The molecule has 5 nitrogen and oxygen atoms in total. The molecule has 2 heterocycles. The van der Waals surface area contributed by atoms with Gasteiger partial charge in [0.1, 0.15) is 5.82 Å². The third-order valence-electron chi connectivity index (χ3n) is 4.54. The minimum atomic E-state index is 0.103. The molecule has 0 spiro atoms. The van der Waals surface area contributed by atoms with Crippen molar-refractivity contribution in [3.05, 3.63) is 11.3 Å². The number of piperazine rings is 1. The van der Waals surface area contributed by atoms with Gasteiger partial charge in [0, 0.05) is 37.2 Å². The molecule has 1 fully saturated rings. The Morgan fingerprint density at radius 3 is 2.65 bits per heavy atom. The number of aromatic nitrogens is 2. The molecule has 1 aliphatic heterocycles. The van der Waals surface area contributed by atoms with Crippen LogP contribution < -0.4 is 16.0 Å². The van der Waals surface area contributed by atoms with Gasteiger partial charge in [-0.1, -0.05) is 20.3 Å². The molecule has 0 atom stereocenters. The molecule has 0 unspecified atom stereocenters. The van der Waals surface area contributed by atoms with Gasteiger partial charge in [-0.05, 0) is 19.3 Å². The fourth-order valence-corrected chi connectivity index (χ4v) is 3.40. The lowest BCUT2D eigenvalue weighted by Crippen LogP contribution is -2.44. The maximum Gasteiger partial charge on any atom is 0.222 e. The van der Waals surface area contributed by atoms with Crippen LogP contribution in [-0.2, 0) is 11.8 Å². The second kappa shape index (κ2) is 5.20. The summed E-state index contributed by atoms with van der Waals surface area (Å²) in [5.74, 6) is 1.51. The van der Waals surface area contributed by atoms with E-state index in [2.05, 4.69) is 34.0 Å². The zero-order valence-corrected chi connectivity index (χ0v) is 12.6. The summed E-state index contributed by atoms with van der Waals surface area (Å²) in [4.78, 5) is 11.6.